The van der Waals surface area contributed by atoms with Gasteiger partial charge in [0.05, 0.1) is 11.0 Å². The van der Waals surface area contributed by atoms with Gasteiger partial charge in [0.2, 0.25) is 0 Å². The highest BCUT2D eigenvalue weighted by Gasteiger charge is 2.40. The Balaban J connectivity index is 2.01. The second-order valence-corrected chi connectivity index (χ2v) is 6.18. The summed E-state index contributed by atoms with van der Waals surface area (Å²) in [4.78, 5) is 13.3. The van der Waals surface area contributed by atoms with Crippen LogP contribution < -0.4 is 0 Å². The van der Waals surface area contributed by atoms with Gasteiger partial charge in [-0.25, -0.2) is 0 Å². The molecule has 2 aromatic rings. The summed E-state index contributed by atoms with van der Waals surface area (Å²) < 4.78 is 0. The molecule has 2 atom stereocenters. The third kappa shape index (κ3) is 2.90. The second kappa shape index (κ2) is 5.97. The maximum atomic E-state index is 11.5. The molecule has 23 heavy (non-hydrogen) atoms. The lowest BCUT2D eigenvalue weighted by Crippen LogP contribution is -2.25. The molecule has 0 radical (unpaired) electrons. The predicted molar refractivity (Wildman–Crippen MR) is 90.7 cm³/mol. The van der Waals surface area contributed by atoms with Gasteiger partial charge in [0.25, 0.3) is 5.70 Å². The lowest BCUT2D eigenvalue weighted by Gasteiger charge is -2.26. The highest BCUT2D eigenvalue weighted by atomic mass is 16.6. The Labute approximate surface area is 136 Å². The van der Waals surface area contributed by atoms with Crippen molar-refractivity contribution in [2.45, 2.75) is 25.9 Å². The van der Waals surface area contributed by atoms with E-state index in [2.05, 4.69) is 4.90 Å². The fourth-order valence-corrected chi connectivity index (χ4v) is 3.15. The van der Waals surface area contributed by atoms with Gasteiger partial charge in [-0.15, -0.1) is 0 Å². The number of benzene rings is 2. The first-order valence-electron chi connectivity index (χ1n) is 7.68. The summed E-state index contributed by atoms with van der Waals surface area (Å²) in [5.41, 5.74) is 4.61. The van der Waals surface area contributed by atoms with Gasteiger partial charge in [0.1, 0.15) is 6.04 Å². The molecule has 0 amide bonds. The molecule has 0 saturated carbocycles. The van der Waals surface area contributed by atoms with E-state index in [1.807, 2.05) is 69.4 Å². The average molecular weight is 308 g/mol. The van der Waals surface area contributed by atoms with Crippen LogP contribution in [0.1, 0.15) is 34.3 Å². The van der Waals surface area contributed by atoms with Crippen molar-refractivity contribution in [2.75, 3.05) is 7.05 Å². The Morgan fingerprint density at radius 3 is 1.87 bits per heavy atom. The number of nitrogens with zero attached hydrogens (tertiary/aromatic N) is 2. The van der Waals surface area contributed by atoms with Crippen molar-refractivity contribution >= 4 is 0 Å². The Morgan fingerprint density at radius 1 is 0.913 bits per heavy atom. The molecule has 0 aromatic heterocycles. The normalized spacial score (nSPS) is 21.3. The van der Waals surface area contributed by atoms with Crippen molar-refractivity contribution in [1.29, 1.82) is 0 Å². The number of hydrogen-bond donors (Lipinski definition) is 0. The van der Waals surface area contributed by atoms with Gasteiger partial charge in [0, 0.05) is 6.08 Å². The first kappa shape index (κ1) is 15.4. The van der Waals surface area contributed by atoms with Crippen molar-refractivity contribution in [3.63, 3.8) is 0 Å². The molecule has 1 heterocycles. The average Bonchev–Trinajstić information content (AvgIpc) is 2.87. The standard InChI is InChI=1S/C19H20N2O2/c1-13-4-8-15(9-5-13)17-12-18(21(22)23)19(20(17)3)16-10-6-14(2)7-11-16/h4-12,17,19H,1-3H3/t17-,19+/m0/s1. The number of rotatable bonds is 3. The third-order valence-corrected chi connectivity index (χ3v) is 4.48. The van der Waals surface area contributed by atoms with Gasteiger partial charge in [-0.1, -0.05) is 59.7 Å². The van der Waals surface area contributed by atoms with Crippen LogP contribution in [0.3, 0.4) is 0 Å². The minimum absolute atomic E-state index is 0.0812. The molecule has 2 aromatic carbocycles. The zero-order chi connectivity index (χ0) is 16.6. The van der Waals surface area contributed by atoms with E-state index in [1.54, 1.807) is 6.08 Å². The van der Waals surface area contributed by atoms with Crippen LogP contribution in [0.4, 0.5) is 0 Å². The lowest BCUT2D eigenvalue weighted by molar-refractivity contribution is -0.431. The van der Waals surface area contributed by atoms with Crippen molar-refractivity contribution < 1.29 is 4.92 Å². The molecule has 3 rings (SSSR count). The van der Waals surface area contributed by atoms with E-state index in [1.165, 1.54) is 5.56 Å². The quantitative estimate of drug-likeness (QED) is 0.631. The number of likely N-dealkylation sites (N-methyl/N-ethyl adjacent to an activating group) is 1. The molecule has 1 aliphatic heterocycles. The molecule has 0 unspecified atom stereocenters. The van der Waals surface area contributed by atoms with Gasteiger partial charge >= 0.3 is 0 Å². The van der Waals surface area contributed by atoms with Gasteiger partial charge in [-0.05, 0) is 32.0 Å². The fraction of sp³-hybridized carbons (Fsp3) is 0.263. The molecule has 0 aliphatic carbocycles. The van der Waals surface area contributed by atoms with Crippen molar-refractivity contribution in [2.24, 2.45) is 0 Å². The Kier molecular flexibility index (Phi) is 4.01. The molecule has 0 saturated heterocycles. The van der Waals surface area contributed by atoms with Gasteiger partial charge in [-0.2, -0.15) is 0 Å². The molecule has 0 spiro atoms. The zero-order valence-corrected chi connectivity index (χ0v) is 13.6. The van der Waals surface area contributed by atoms with Crippen LogP contribution in [0.2, 0.25) is 0 Å². The smallest absolute Gasteiger partial charge is 0.265 e. The van der Waals surface area contributed by atoms with E-state index in [0.29, 0.717) is 0 Å². The van der Waals surface area contributed by atoms with E-state index >= 15 is 0 Å². The van der Waals surface area contributed by atoms with Crippen molar-refractivity contribution in [3.05, 3.63) is 92.7 Å². The molecular formula is C19H20N2O2. The van der Waals surface area contributed by atoms with Gasteiger partial charge in [0.15, 0.2) is 0 Å². The van der Waals surface area contributed by atoms with Gasteiger partial charge < -0.3 is 0 Å². The SMILES string of the molecule is Cc1ccc([C@@H]2C=C([N+](=O)[O-])[C@@H](c3ccc(C)cc3)N2C)cc1. The van der Waals surface area contributed by atoms with Crippen LogP contribution in [0.25, 0.3) is 0 Å². The molecule has 0 fully saturated rings. The van der Waals surface area contributed by atoms with Crippen LogP contribution in [0.15, 0.2) is 60.3 Å². The molecule has 4 nitrogen and oxygen atoms in total. The molecule has 0 N–H and O–H groups in total. The van der Waals surface area contributed by atoms with Crippen LogP contribution >= 0.6 is 0 Å². The predicted octanol–water partition coefficient (Wildman–Crippen LogP) is 4.19. The summed E-state index contributed by atoms with van der Waals surface area (Å²) in [6.07, 6.45) is 1.77. The monoisotopic (exact) mass is 308 g/mol. The zero-order valence-electron chi connectivity index (χ0n) is 13.6. The van der Waals surface area contributed by atoms with E-state index in [0.717, 1.165) is 16.7 Å². The van der Waals surface area contributed by atoms with Crippen LogP contribution in [-0.4, -0.2) is 16.9 Å². The summed E-state index contributed by atoms with van der Waals surface area (Å²) >= 11 is 0. The molecular weight excluding hydrogens is 288 g/mol. The van der Waals surface area contributed by atoms with E-state index < -0.39 is 0 Å². The Hall–Kier alpha value is -2.46. The maximum Gasteiger partial charge on any atom is 0.265 e. The summed E-state index contributed by atoms with van der Waals surface area (Å²) in [5, 5.41) is 11.5. The topological polar surface area (TPSA) is 46.4 Å². The molecule has 4 heteroatoms. The first-order chi connectivity index (χ1) is 11.0. The van der Waals surface area contributed by atoms with Crippen LogP contribution in [0.5, 0.6) is 0 Å². The van der Waals surface area contributed by atoms with Crippen molar-refractivity contribution in [3.8, 4) is 0 Å². The van der Waals surface area contributed by atoms with Gasteiger partial charge in [-0.3, -0.25) is 15.0 Å². The second-order valence-electron chi connectivity index (χ2n) is 6.18. The minimum atomic E-state index is -0.322. The Bertz CT molecular complexity index is 748. The number of hydrogen-bond acceptors (Lipinski definition) is 3. The molecule has 1 aliphatic rings. The number of aryl methyl sites for hydroxylation is 2. The molecule has 118 valence electrons. The van der Waals surface area contributed by atoms with E-state index in [-0.39, 0.29) is 22.7 Å². The van der Waals surface area contributed by atoms with Crippen LogP contribution in [-0.2, 0) is 0 Å². The fourth-order valence-electron chi connectivity index (χ4n) is 3.15. The summed E-state index contributed by atoms with van der Waals surface area (Å²) in [6.45, 7) is 4.05. The Morgan fingerprint density at radius 2 is 1.39 bits per heavy atom. The third-order valence-electron chi connectivity index (χ3n) is 4.48. The van der Waals surface area contributed by atoms with E-state index in [9.17, 15) is 10.1 Å². The number of nitro groups is 1. The maximum absolute atomic E-state index is 11.5. The van der Waals surface area contributed by atoms with E-state index in [4.69, 9.17) is 0 Å². The lowest BCUT2D eigenvalue weighted by atomic mass is 10.0. The van der Waals surface area contributed by atoms with Crippen LogP contribution in [0, 0.1) is 24.0 Å². The molecule has 0 bridgehead atoms. The summed E-state index contributed by atoms with van der Waals surface area (Å²) in [5.74, 6) is 0. The summed E-state index contributed by atoms with van der Waals surface area (Å²) in [7, 11) is 1.95. The first-order valence-corrected chi connectivity index (χ1v) is 7.68. The summed E-state index contributed by atoms with van der Waals surface area (Å²) in [6, 6.07) is 15.7. The highest BCUT2D eigenvalue weighted by Crippen LogP contribution is 2.42. The highest BCUT2D eigenvalue weighted by molar-refractivity contribution is 5.36. The largest absolute Gasteiger partial charge is 0.279 e. The van der Waals surface area contributed by atoms with Crippen molar-refractivity contribution in [1.82, 2.24) is 4.90 Å². The minimum Gasteiger partial charge on any atom is -0.279 e.